The number of amides is 1. The lowest BCUT2D eigenvalue weighted by Gasteiger charge is -2.28. The highest BCUT2D eigenvalue weighted by molar-refractivity contribution is 9.10. The summed E-state index contributed by atoms with van der Waals surface area (Å²) in [4.78, 5) is 24.3. The van der Waals surface area contributed by atoms with Crippen LogP contribution in [0.2, 0.25) is 0 Å². The maximum absolute atomic E-state index is 12.6. The predicted octanol–water partition coefficient (Wildman–Crippen LogP) is 3.29. The van der Waals surface area contributed by atoms with Gasteiger partial charge in [0.2, 0.25) is 5.91 Å². The topological polar surface area (TPSA) is 55.4 Å². The average molecular weight is 352 g/mol. The summed E-state index contributed by atoms with van der Waals surface area (Å²) < 4.78 is 6.10. The number of carbonyl (C=O) groups is 2. The zero-order valence-corrected chi connectivity index (χ0v) is 13.3. The van der Waals surface area contributed by atoms with Gasteiger partial charge in [-0.25, -0.2) is 0 Å². The Morgan fingerprint density at radius 2 is 2.00 bits per heavy atom. The lowest BCUT2D eigenvalue weighted by molar-refractivity contribution is -0.139. The Bertz CT molecular complexity index is 567. The van der Waals surface area contributed by atoms with Gasteiger partial charge in [0.1, 0.15) is 5.75 Å². The quantitative estimate of drug-likeness (QED) is 0.656. The van der Waals surface area contributed by atoms with E-state index in [1.807, 2.05) is 12.1 Å². The van der Waals surface area contributed by atoms with Gasteiger partial charge in [-0.2, -0.15) is 0 Å². The maximum Gasteiger partial charge on any atom is 0.312 e. The second-order valence-corrected chi connectivity index (χ2v) is 6.67. The van der Waals surface area contributed by atoms with Crippen LogP contribution in [0.15, 0.2) is 22.7 Å². The van der Waals surface area contributed by atoms with Crippen LogP contribution in [0.25, 0.3) is 0 Å². The van der Waals surface area contributed by atoms with Crippen LogP contribution in [-0.4, -0.2) is 17.9 Å². The lowest BCUT2D eigenvalue weighted by atomic mass is 9.90. The molecule has 3 rings (SSSR count). The number of hydrogen-bond acceptors (Lipinski definition) is 3. The molecular formula is C16H18BrNO3. The van der Waals surface area contributed by atoms with Crippen molar-refractivity contribution >= 4 is 27.8 Å². The van der Waals surface area contributed by atoms with E-state index in [0.29, 0.717) is 5.75 Å². The first-order chi connectivity index (χ1) is 10.1. The van der Waals surface area contributed by atoms with Crippen molar-refractivity contribution in [1.82, 2.24) is 5.32 Å². The highest BCUT2D eigenvalue weighted by Crippen LogP contribution is 2.36. The van der Waals surface area contributed by atoms with E-state index in [4.69, 9.17) is 4.74 Å². The Labute approximate surface area is 132 Å². The molecular weight excluding hydrogens is 334 g/mol. The summed E-state index contributed by atoms with van der Waals surface area (Å²) >= 11 is 3.41. The van der Waals surface area contributed by atoms with Crippen LogP contribution in [0.1, 0.15) is 50.0 Å². The number of benzene rings is 1. The first-order valence-electron chi connectivity index (χ1n) is 7.44. The SMILES string of the molecule is O=C1CC(C(=O)NC2CCCCC2)c2cc(Br)ccc2O1. The molecule has 0 saturated heterocycles. The Hall–Kier alpha value is -1.36. The number of esters is 1. The summed E-state index contributed by atoms with van der Waals surface area (Å²) in [5, 5.41) is 3.11. The van der Waals surface area contributed by atoms with E-state index in [1.165, 1.54) is 19.3 Å². The molecule has 0 spiro atoms. The van der Waals surface area contributed by atoms with Crippen molar-refractivity contribution in [3.05, 3.63) is 28.2 Å². The number of carbonyl (C=O) groups excluding carboxylic acids is 2. The van der Waals surface area contributed by atoms with E-state index >= 15 is 0 Å². The van der Waals surface area contributed by atoms with Crippen molar-refractivity contribution in [3.63, 3.8) is 0 Å². The Morgan fingerprint density at radius 3 is 2.76 bits per heavy atom. The molecule has 1 unspecified atom stereocenters. The number of fused-ring (bicyclic) bond motifs is 1. The van der Waals surface area contributed by atoms with Gasteiger partial charge in [0.25, 0.3) is 0 Å². The third-order valence-corrected chi connectivity index (χ3v) is 4.70. The molecule has 2 aliphatic rings. The van der Waals surface area contributed by atoms with Crippen LogP contribution < -0.4 is 10.1 Å². The van der Waals surface area contributed by atoms with Crippen molar-refractivity contribution in [2.24, 2.45) is 0 Å². The summed E-state index contributed by atoms with van der Waals surface area (Å²) in [5.41, 5.74) is 0.789. The zero-order chi connectivity index (χ0) is 14.8. The van der Waals surface area contributed by atoms with Crippen LogP contribution in [-0.2, 0) is 9.59 Å². The van der Waals surface area contributed by atoms with Crippen LogP contribution >= 0.6 is 15.9 Å². The second-order valence-electron chi connectivity index (χ2n) is 5.76. The van der Waals surface area contributed by atoms with Gasteiger partial charge in [0, 0.05) is 16.1 Å². The van der Waals surface area contributed by atoms with Gasteiger partial charge in [-0.1, -0.05) is 35.2 Å². The smallest absolute Gasteiger partial charge is 0.312 e. The van der Waals surface area contributed by atoms with Crippen molar-refractivity contribution in [2.45, 2.75) is 50.5 Å². The van der Waals surface area contributed by atoms with Crippen LogP contribution in [0.5, 0.6) is 5.75 Å². The lowest BCUT2D eigenvalue weighted by Crippen LogP contribution is -2.41. The fourth-order valence-corrected chi connectivity index (χ4v) is 3.49. The van der Waals surface area contributed by atoms with E-state index in [2.05, 4.69) is 21.2 Å². The van der Waals surface area contributed by atoms with E-state index in [1.54, 1.807) is 6.07 Å². The molecule has 5 heteroatoms. The Morgan fingerprint density at radius 1 is 1.24 bits per heavy atom. The molecule has 1 aliphatic carbocycles. The van der Waals surface area contributed by atoms with Gasteiger partial charge in [0.05, 0.1) is 12.3 Å². The summed E-state index contributed by atoms with van der Waals surface area (Å²) in [5.74, 6) is -0.342. The molecule has 1 saturated carbocycles. The minimum absolute atomic E-state index is 0.0575. The zero-order valence-electron chi connectivity index (χ0n) is 11.7. The molecule has 21 heavy (non-hydrogen) atoms. The van der Waals surface area contributed by atoms with Crippen molar-refractivity contribution in [2.75, 3.05) is 0 Å². The van der Waals surface area contributed by atoms with E-state index in [0.717, 1.165) is 22.9 Å². The maximum atomic E-state index is 12.6. The van der Waals surface area contributed by atoms with Crippen molar-refractivity contribution in [3.8, 4) is 5.75 Å². The average Bonchev–Trinajstić information content (AvgIpc) is 2.48. The molecule has 1 heterocycles. The highest BCUT2D eigenvalue weighted by atomic mass is 79.9. The van der Waals surface area contributed by atoms with Crippen LogP contribution in [0.3, 0.4) is 0 Å². The minimum atomic E-state index is -0.444. The van der Waals surface area contributed by atoms with Gasteiger partial charge in [-0.05, 0) is 31.0 Å². The Kier molecular flexibility index (Phi) is 4.29. The van der Waals surface area contributed by atoms with Gasteiger partial charge in [-0.3, -0.25) is 9.59 Å². The molecule has 1 N–H and O–H groups in total. The summed E-state index contributed by atoms with van der Waals surface area (Å²) in [6, 6.07) is 5.66. The largest absolute Gasteiger partial charge is 0.426 e. The van der Waals surface area contributed by atoms with E-state index < -0.39 is 5.92 Å². The minimum Gasteiger partial charge on any atom is -0.426 e. The molecule has 1 fully saturated rings. The molecule has 0 aromatic heterocycles. The molecule has 1 aliphatic heterocycles. The third kappa shape index (κ3) is 3.28. The summed E-state index contributed by atoms with van der Waals surface area (Å²) in [6.07, 6.45) is 5.77. The predicted molar refractivity (Wildman–Crippen MR) is 82.2 cm³/mol. The van der Waals surface area contributed by atoms with E-state index in [9.17, 15) is 9.59 Å². The molecule has 0 radical (unpaired) electrons. The molecule has 1 aromatic carbocycles. The van der Waals surface area contributed by atoms with Gasteiger partial charge >= 0.3 is 5.97 Å². The number of nitrogens with one attached hydrogen (secondary N) is 1. The Balaban J connectivity index is 1.79. The molecule has 112 valence electrons. The monoisotopic (exact) mass is 351 g/mol. The number of hydrogen-bond donors (Lipinski definition) is 1. The number of rotatable bonds is 2. The van der Waals surface area contributed by atoms with E-state index in [-0.39, 0.29) is 24.3 Å². The normalized spacial score (nSPS) is 22.3. The van der Waals surface area contributed by atoms with Gasteiger partial charge < -0.3 is 10.1 Å². The fraction of sp³-hybridized carbons (Fsp3) is 0.500. The fourth-order valence-electron chi connectivity index (χ4n) is 3.11. The number of halogens is 1. The highest BCUT2D eigenvalue weighted by Gasteiger charge is 2.33. The van der Waals surface area contributed by atoms with Gasteiger partial charge in [0.15, 0.2) is 0 Å². The summed E-state index contributed by atoms with van der Waals surface area (Å²) in [6.45, 7) is 0. The molecule has 1 amide bonds. The first-order valence-corrected chi connectivity index (χ1v) is 8.23. The molecule has 0 bridgehead atoms. The molecule has 1 aromatic rings. The number of ether oxygens (including phenoxy) is 1. The third-order valence-electron chi connectivity index (χ3n) is 4.21. The molecule has 4 nitrogen and oxygen atoms in total. The summed E-state index contributed by atoms with van der Waals surface area (Å²) in [7, 11) is 0. The second kappa shape index (κ2) is 6.18. The first kappa shape index (κ1) is 14.6. The van der Waals surface area contributed by atoms with Crippen LogP contribution in [0.4, 0.5) is 0 Å². The molecule has 1 atom stereocenters. The van der Waals surface area contributed by atoms with Crippen molar-refractivity contribution < 1.29 is 14.3 Å². The van der Waals surface area contributed by atoms with Crippen molar-refractivity contribution in [1.29, 1.82) is 0 Å². The van der Waals surface area contributed by atoms with Gasteiger partial charge in [-0.15, -0.1) is 0 Å². The van der Waals surface area contributed by atoms with Crippen LogP contribution in [0, 0.1) is 0 Å². The standard InChI is InChI=1S/C16H18BrNO3/c17-10-6-7-14-12(8-10)13(9-15(19)21-14)16(20)18-11-4-2-1-3-5-11/h6-8,11,13H,1-5,9H2,(H,18,20).